The van der Waals surface area contributed by atoms with E-state index in [4.69, 9.17) is 0 Å². The smallest absolute Gasteiger partial charge is 0.744 e. The van der Waals surface area contributed by atoms with Gasteiger partial charge in [-0.2, -0.15) is 10.2 Å². The quantitative estimate of drug-likeness (QED) is 0.255. The normalized spacial score (nSPS) is 12.3. The molecule has 0 aliphatic heterocycles. The van der Waals surface area contributed by atoms with E-state index in [1.54, 1.807) is 24.3 Å². The van der Waals surface area contributed by atoms with Gasteiger partial charge in [0.25, 0.3) is 0 Å². The molecule has 29 heavy (non-hydrogen) atoms. The second kappa shape index (κ2) is 9.72. The van der Waals surface area contributed by atoms with Crippen LogP contribution >= 0.6 is 0 Å². The molecule has 0 fully saturated rings. The number of nitrogens with one attached hydrogen (secondary N) is 2. The molecule has 3 aromatic rings. The molecule has 0 atom stereocenters. The van der Waals surface area contributed by atoms with Gasteiger partial charge in [-0.15, -0.1) is 0 Å². The first-order valence-corrected chi connectivity index (χ1v) is 9.31. The Morgan fingerprint density at radius 1 is 0.759 bits per heavy atom. The third-order valence-corrected chi connectivity index (χ3v) is 4.44. The predicted octanol–water partition coefficient (Wildman–Crippen LogP) is -2.95. The zero-order valence-corrected chi connectivity index (χ0v) is 18.0. The Kier molecular flexibility index (Phi) is 7.59. The summed E-state index contributed by atoms with van der Waals surface area (Å²) >= 11 is 0. The summed E-state index contributed by atoms with van der Waals surface area (Å²) in [5.74, 6) is 0. The van der Waals surface area contributed by atoms with Crippen LogP contribution < -0.4 is 62.0 Å². The zero-order valence-electron chi connectivity index (χ0n) is 15.2. The predicted molar refractivity (Wildman–Crippen MR) is 101 cm³/mol. The molecule has 0 amide bonds. The van der Waals surface area contributed by atoms with E-state index in [0.717, 1.165) is 12.1 Å². The van der Waals surface area contributed by atoms with Crippen molar-refractivity contribution in [1.29, 1.82) is 0 Å². The van der Waals surface area contributed by atoms with Crippen molar-refractivity contribution in [2.75, 3.05) is 10.9 Å². The Morgan fingerprint density at radius 3 is 1.97 bits per heavy atom. The summed E-state index contributed by atoms with van der Waals surface area (Å²) in [6.45, 7) is 0. The summed E-state index contributed by atoms with van der Waals surface area (Å²) in [5.41, 5.74) is 4.92. The van der Waals surface area contributed by atoms with E-state index >= 15 is 0 Å². The van der Waals surface area contributed by atoms with Crippen LogP contribution in [0.25, 0.3) is 0 Å². The van der Waals surface area contributed by atoms with Crippen molar-refractivity contribution in [3.05, 3.63) is 97.9 Å². The summed E-state index contributed by atoms with van der Waals surface area (Å²) in [6.07, 6.45) is 0. The van der Waals surface area contributed by atoms with Gasteiger partial charge in [-0.25, -0.2) is 8.42 Å². The Hall–Kier alpha value is -2.63. The van der Waals surface area contributed by atoms with Crippen molar-refractivity contribution in [2.24, 2.45) is 10.2 Å². The maximum Gasteiger partial charge on any atom is 1.00 e. The van der Waals surface area contributed by atoms with Gasteiger partial charge in [0.1, 0.15) is 15.5 Å². The molecule has 142 valence electrons. The van der Waals surface area contributed by atoms with E-state index < -0.39 is 21.0 Å². The molecule has 9 nitrogen and oxygen atoms in total. The van der Waals surface area contributed by atoms with Gasteiger partial charge in [0, 0.05) is 0 Å². The van der Waals surface area contributed by atoms with Crippen LogP contribution in [0.1, 0.15) is 0 Å². The van der Waals surface area contributed by atoms with Gasteiger partial charge >= 0.3 is 29.6 Å². The number of benzene rings is 3. The van der Waals surface area contributed by atoms with E-state index in [-0.39, 0.29) is 45.2 Å². The molecule has 0 radical (unpaired) electrons. The topological polar surface area (TPSA) is 140 Å². The van der Waals surface area contributed by atoms with Crippen LogP contribution in [-0.4, -0.2) is 13.0 Å². The minimum atomic E-state index is -4.55. The van der Waals surface area contributed by atoms with Gasteiger partial charge in [-0.3, -0.25) is 20.4 Å². The van der Waals surface area contributed by atoms with Gasteiger partial charge in [-0.05, 0) is 48.5 Å². The summed E-state index contributed by atoms with van der Waals surface area (Å²) in [7, 11) is -4.55. The fourth-order valence-electron chi connectivity index (χ4n) is 2.19. The number of para-hydroxylation sites is 1. The molecule has 0 bridgehead atoms. The molecule has 0 heterocycles. The number of rotatable bonds is 5. The summed E-state index contributed by atoms with van der Waals surface area (Å²) in [4.78, 5) is 24.0. The Morgan fingerprint density at radius 2 is 1.34 bits per heavy atom. The third kappa shape index (κ3) is 5.92. The number of hydrogen-bond acceptors (Lipinski definition) is 9. The second-order valence-corrected chi connectivity index (χ2v) is 6.93. The van der Waals surface area contributed by atoms with Crippen molar-refractivity contribution in [3.63, 3.8) is 0 Å². The largest absolute Gasteiger partial charge is 1.00 e. The van der Waals surface area contributed by atoms with Gasteiger partial charge in [0.2, 0.25) is 10.9 Å². The van der Waals surface area contributed by atoms with Gasteiger partial charge in [-0.1, -0.05) is 18.2 Å². The molecule has 0 spiro atoms. The van der Waals surface area contributed by atoms with E-state index in [0.29, 0.717) is 11.4 Å². The fourth-order valence-corrected chi connectivity index (χ4v) is 2.66. The summed E-state index contributed by atoms with van der Waals surface area (Å²) < 4.78 is 32.7. The minimum absolute atomic E-state index is 0. The van der Waals surface area contributed by atoms with Crippen molar-refractivity contribution in [3.8, 4) is 0 Å². The Balaban J connectivity index is 0.00000300. The van der Waals surface area contributed by atoms with Crippen LogP contribution in [-0.2, 0) is 10.1 Å². The second-order valence-electron chi connectivity index (χ2n) is 5.55. The van der Waals surface area contributed by atoms with Crippen LogP contribution in [0.4, 0.5) is 11.4 Å². The summed E-state index contributed by atoms with van der Waals surface area (Å²) in [6, 6.07) is 16.1. The fraction of sp³-hybridized carbons (Fsp3) is 0. The van der Waals surface area contributed by atoms with Crippen molar-refractivity contribution in [2.45, 2.75) is 4.90 Å². The number of anilines is 2. The van der Waals surface area contributed by atoms with Crippen LogP contribution in [0.2, 0.25) is 0 Å². The van der Waals surface area contributed by atoms with E-state index in [1.165, 1.54) is 24.3 Å². The molecule has 0 saturated carbocycles. The average molecular weight is 420 g/mol. The standard InChI is InChI=1S/C18H14N4O5S.Na/c23-16-11-10-15(18(24)17(16)22-20-12-4-2-1-3-5-12)21-19-13-6-8-14(9-7-13)28(25,26)27;/h1-11,19-20H,(H,25,26,27);/q;+1/p-1/b21-15+,22-17-;. The number of nitrogens with zero attached hydrogens (tertiary/aromatic N) is 2. The molecule has 3 aromatic carbocycles. The van der Waals surface area contributed by atoms with Crippen molar-refractivity contribution in [1.82, 2.24) is 0 Å². The Labute approximate surface area is 187 Å². The van der Waals surface area contributed by atoms with E-state index in [2.05, 4.69) is 21.1 Å². The molecular formula is C18H13N4NaO5S. The average Bonchev–Trinajstić information content (AvgIpc) is 2.68. The van der Waals surface area contributed by atoms with Crippen LogP contribution in [0.3, 0.4) is 0 Å². The molecule has 11 heteroatoms. The van der Waals surface area contributed by atoms with Crippen LogP contribution in [0.5, 0.6) is 0 Å². The molecular weight excluding hydrogens is 407 g/mol. The van der Waals surface area contributed by atoms with E-state index in [1.807, 2.05) is 6.07 Å². The van der Waals surface area contributed by atoms with Crippen LogP contribution in [0, 0.1) is 0 Å². The first kappa shape index (κ1) is 22.7. The van der Waals surface area contributed by atoms with E-state index in [9.17, 15) is 22.6 Å². The third-order valence-electron chi connectivity index (χ3n) is 3.59. The monoisotopic (exact) mass is 420 g/mol. The molecule has 0 saturated heterocycles. The maximum atomic E-state index is 12.4. The van der Waals surface area contributed by atoms with Gasteiger partial charge in [0.05, 0.1) is 16.3 Å². The van der Waals surface area contributed by atoms with Crippen LogP contribution in [0.15, 0.2) is 91.4 Å². The first-order valence-electron chi connectivity index (χ1n) is 7.90. The maximum absolute atomic E-state index is 12.4. The molecule has 3 rings (SSSR count). The number of hydrogen-bond donors (Lipinski definition) is 2. The SMILES string of the molecule is O=c1cc/c(=N\Nc2ccc(S(=O)(=O)[O-])cc2)c(=O)/c1=N\Nc1ccccc1.[Na+]. The molecule has 0 aliphatic carbocycles. The molecule has 0 aromatic heterocycles. The van der Waals surface area contributed by atoms with Crippen molar-refractivity contribution >= 4 is 21.5 Å². The molecule has 0 unspecified atom stereocenters. The molecule has 0 aliphatic rings. The van der Waals surface area contributed by atoms with Gasteiger partial charge < -0.3 is 4.55 Å². The first-order chi connectivity index (χ1) is 13.3. The molecule has 2 N–H and O–H groups in total. The minimum Gasteiger partial charge on any atom is -0.744 e. The zero-order chi connectivity index (χ0) is 20.1. The summed E-state index contributed by atoms with van der Waals surface area (Å²) in [5, 5.41) is 7.39. The van der Waals surface area contributed by atoms with Gasteiger partial charge in [0.15, 0.2) is 5.36 Å². The Bertz CT molecular complexity index is 1320. The van der Waals surface area contributed by atoms with Crippen molar-refractivity contribution < 1.29 is 42.5 Å².